The molecule has 0 atom stereocenters. The van der Waals surface area contributed by atoms with Crippen LogP contribution in [0.2, 0.25) is 0 Å². The van der Waals surface area contributed by atoms with Crippen molar-refractivity contribution in [1.29, 1.82) is 0 Å². The SMILES string of the molecule is C=C1C=CN2CCN(Cc3ccc(CC)c(N)c3)CC2=C1. The van der Waals surface area contributed by atoms with Crippen molar-refractivity contribution in [3.05, 3.63) is 65.5 Å². The second-order valence-electron chi connectivity index (χ2n) is 5.82. The van der Waals surface area contributed by atoms with Crippen LogP contribution in [-0.4, -0.2) is 29.4 Å². The number of anilines is 1. The molecule has 2 heterocycles. The first-order chi connectivity index (χ1) is 10.2. The summed E-state index contributed by atoms with van der Waals surface area (Å²) in [5.41, 5.74) is 12.0. The van der Waals surface area contributed by atoms with Crippen molar-refractivity contribution in [3.63, 3.8) is 0 Å². The molecule has 1 aromatic carbocycles. The Labute approximate surface area is 127 Å². The zero-order valence-corrected chi connectivity index (χ0v) is 12.7. The van der Waals surface area contributed by atoms with Crippen LogP contribution >= 0.6 is 0 Å². The van der Waals surface area contributed by atoms with Crippen molar-refractivity contribution >= 4 is 5.69 Å². The molecule has 0 bridgehead atoms. The third kappa shape index (κ3) is 3.03. The van der Waals surface area contributed by atoms with E-state index in [1.54, 1.807) is 0 Å². The molecule has 2 N–H and O–H groups in total. The normalized spacial score (nSPS) is 18.6. The third-order valence-corrected chi connectivity index (χ3v) is 4.23. The van der Waals surface area contributed by atoms with Gasteiger partial charge in [0, 0.05) is 43.8 Å². The lowest BCUT2D eigenvalue weighted by Crippen LogP contribution is -2.42. The van der Waals surface area contributed by atoms with Gasteiger partial charge in [-0.05, 0) is 41.3 Å². The van der Waals surface area contributed by atoms with E-state index in [-0.39, 0.29) is 0 Å². The number of benzene rings is 1. The van der Waals surface area contributed by atoms with E-state index in [9.17, 15) is 0 Å². The van der Waals surface area contributed by atoms with E-state index >= 15 is 0 Å². The summed E-state index contributed by atoms with van der Waals surface area (Å²) in [5.74, 6) is 0. The van der Waals surface area contributed by atoms with Crippen LogP contribution in [0.1, 0.15) is 18.1 Å². The summed E-state index contributed by atoms with van der Waals surface area (Å²) in [4.78, 5) is 4.79. The topological polar surface area (TPSA) is 32.5 Å². The Hall–Kier alpha value is -2.00. The molecule has 0 radical (unpaired) electrons. The highest BCUT2D eigenvalue weighted by Gasteiger charge is 2.21. The number of nitrogens with two attached hydrogens (primary N) is 1. The number of aryl methyl sites for hydroxylation is 1. The van der Waals surface area contributed by atoms with Crippen LogP contribution in [0.15, 0.2) is 54.4 Å². The van der Waals surface area contributed by atoms with Gasteiger partial charge in [0.1, 0.15) is 0 Å². The quantitative estimate of drug-likeness (QED) is 0.865. The van der Waals surface area contributed by atoms with Crippen molar-refractivity contribution in [2.75, 3.05) is 25.4 Å². The number of fused-ring (bicyclic) bond motifs is 1. The molecule has 2 aliphatic heterocycles. The Bertz CT molecular complexity index is 613. The van der Waals surface area contributed by atoms with E-state index in [1.807, 2.05) is 0 Å². The standard InChI is InChI=1S/C18H23N3/c1-3-16-5-4-15(11-18(16)19)12-20-8-9-21-7-6-14(2)10-17(21)13-20/h4-7,10-11H,2-3,8-9,12-13,19H2,1H3. The molecule has 2 aliphatic rings. The summed E-state index contributed by atoms with van der Waals surface area (Å²) >= 11 is 0. The Morgan fingerprint density at radius 3 is 2.90 bits per heavy atom. The number of nitrogen functional groups attached to an aromatic ring is 1. The van der Waals surface area contributed by atoms with E-state index in [0.717, 1.165) is 43.9 Å². The van der Waals surface area contributed by atoms with Crippen molar-refractivity contribution in [3.8, 4) is 0 Å². The number of nitrogens with zero attached hydrogens (tertiary/aromatic N) is 2. The molecule has 0 spiro atoms. The molecule has 1 saturated heterocycles. The van der Waals surface area contributed by atoms with Crippen LogP contribution in [0.25, 0.3) is 0 Å². The van der Waals surface area contributed by atoms with Gasteiger partial charge in [0.2, 0.25) is 0 Å². The average Bonchev–Trinajstić information content (AvgIpc) is 2.47. The van der Waals surface area contributed by atoms with E-state index in [2.05, 4.69) is 59.9 Å². The lowest BCUT2D eigenvalue weighted by atomic mass is 10.1. The van der Waals surface area contributed by atoms with Crippen LogP contribution in [0.4, 0.5) is 5.69 Å². The molecule has 0 amide bonds. The van der Waals surface area contributed by atoms with Crippen LogP contribution in [0.3, 0.4) is 0 Å². The number of rotatable bonds is 3. The maximum Gasteiger partial charge on any atom is 0.0391 e. The van der Waals surface area contributed by atoms with E-state index in [1.165, 1.54) is 16.8 Å². The summed E-state index contributed by atoms with van der Waals surface area (Å²) in [6.45, 7) is 10.2. The van der Waals surface area contributed by atoms with Crippen LogP contribution in [0, 0.1) is 0 Å². The van der Waals surface area contributed by atoms with Crippen molar-refractivity contribution < 1.29 is 0 Å². The highest BCUT2D eigenvalue weighted by molar-refractivity contribution is 5.49. The van der Waals surface area contributed by atoms with Gasteiger partial charge < -0.3 is 10.6 Å². The third-order valence-electron chi connectivity index (χ3n) is 4.23. The Kier molecular flexibility index (Phi) is 3.84. The minimum absolute atomic E-state index is 0.918. The molecule has 1 fully saturated rings. The van der Waals surface area contributed by atoms with Gasteiger partial charge in [-0.2, -0.15) is 0 Å². The fourth-order valence-electron chi connectivity index (χ4n) is 3.00. The highest BCUT2D eigenvalue weighted by atomic mass is 15.3. The number of hydrogen-bond acceptors (Lipinski definition) is 3. The second-order valence-corrected chi connectivity index (χ2v) is 5.82. The van der Waals surface area contributed by atoms with Gasteiger partial charge in [-0.3, -0.25) is 4.90 Å². The smallest absolute Gasteiger partial charge is 0.0391 e. The molecule has 0 aliphatic carbocycles. The molecule has 1 aromatic rings. The maximum absolute atomic E-state index is 6.10. The average molecular weight is 281 g/mol. The van der Waals surface area contributed by atoms with Gasteiger partial charge in [0.05, 0.1) is 0 Å². The first-order valence-corrected chi connectivity index (χ1v) is 7.59. The minimum Gasteiger partial charge on any atom is -0.398 e. The number of piperazine rings is 1. The molecular weight excluding hydrogens is 258 g/mol. The first-order valence-electron chi connectivity index (χ1n) is 7.59. The molecule has 21 heavy (non-hydrogen) atoms. The summed E-state index contributed by atoms with van der Waals surface area (Å²) < 4.78 is 0. The van der Waals surface area contributed by atoms with E-state index in [0.29, 0.717) is 0 Å². The van der Waals surface area contributed by atoms with E-state index < -0.39 is 0 Å². The molecule has 0 saturated carbocycles. The van der Waals surface area contributed by atoms with Gasteiger partial charge in [0.15, 0.2) is 0 Å². The van der Waals surface area contributed by atoms with Gasteiger partial charge in [0.25, 0.3) is 0 Å². The Balaban J connectivity index is 1.69. The molecule has 0 unspecified atom stereocenters. The largest absolute Gasteiger partial charge is 0.398 e. The molecular formula is C18H23N3. The van der Waals surface area contributed by atoms with Crippen molar-refractivity contribution in [1.82, 2.24) is 9.80 Å². The zero-order chi connectivity index (χ0) is 14.8. The lowest BCUT2D eigenvalue weighted by Gasteiger charge is -2.37. The zero-order valence-electron chi connectivity index (χ0n) is 12.7. The second kappa shape index (κ2) is 5.78. The van der Waals surface area contributed by atoms with Crippen molar-refractivity contribution in [2.45, 2.75) is 19.9 Å². The van der Waals surface area contributed by atoms with Gasteiger partial charge in [-0.1, -0.05) is 25.6 Å². The monoisotopic (exact) mass is 281 g/mol. The summed E-state index contributed by atoms with van der Waals surface area (Å²) in [5, 5.41) is 0. The molecule has 3 nitrogen and oxygen atoms in total. The summed E-state index contributed by atoms with van der Waals surface area (Å²) in [7, 11) is 0. The molecule has 110 valence electrons. The Morgan fingerprint density at radius 1 is 1.29 bits per heavy atom. The number of allylic oxidation sites excluding steroid dienone is 3. The lowest BCUT2D eigenvalue weighted by molar-refractivity contribution is 0.201. The fourth-order valence-corrected chi connectivity index (χ4v) is 3.00. The van der Waals surface area contributed by atoms with Crippen LogP contribution in [-0.2, 0) is 13.0 Å². The number of hydrogen-bond donors (Lipinski definition) is 1. The molecule has 0 aromatic heterocycles. The maximum atomic E-state index is 6.10. The predicted molar refractivity (Wildman–Crippen MR) is 88.6 cm³/mol. The van der Waals surface area contributed by atoms with Gasteiger partial charge in [-0.15, -0.1) is 0 Å². The van der Waals surface area contributed by atoms with Gasteiger partial charge >= 0.3 is 0 Å². The summed E-state index contributed by atoms with van der Waals surface area (Å²) in [6, 6.07) is 6.49. The summed E-state index contributed by atoms with van der Waals surface area (Å²) in [6.07, 6.45) is 7.39. The minimum atomic E-state index is 0.918. The van der Waals surface area contributed by atoms with Crippen LogP contribution < -0.4 is 5.73 Å². The first kappa shape index (κ1) is 14.0. The van der Waals surface area contributed by atoms with Gasteiger partial charge in [-0.25, -0.2) is 0 Å². The van der Waals surface area contributed by atoms with E-state index in [4.69, 9.17) is 5.73 Å². The predicted octanol–water partition coefficient (Wildman–Crippen LogP) is 2.92. The Morgan fingerprint density at radius 2 is 2.14 bits per heavy atom. The molecule has 3 rings (SSSR count). The fraction of sp³-hybridized carbons (Fsp3) is 0.333. The highest BCUT2D eigenvalue weighted by Crippen LogP contribution is 2.22. The molecule has 3 heteroatoms. The van der Waals surface area contributed by atoms with Crippen LogP contribution in [0.5, 0.6) is 0 Å². The van der Waals surface area contributed by atoms with Crippen molar-refractivity contribution in [2.24, 2.45) is 0 Å².